The van der Waals surface area contributed by atoms with Crippen LogP contribution in [0.15, 0.2) is 59.7 Å². The van der Waals surface area contributed by atoms with Gasteiger partial charge >= 0.3 is 0 Å². The molecule has 0 saturated carbocycles. The summed E-state index contributed by atoms with van der Waals surface area (Å²) < 4.78 is 19.4. The fourth-order valence-electron chi connectivity index (χ4n) is 2.32. The molecule has 25 heavy (non-hydrogen) atoms. The Morgan fingerprint density at radius 3 is 2.72 bits per heavy atom. The number of carbonyl (C=O) groups is 1. The lowest BCUT2D eigenvalue weighted by Crippen LogP contribution is -2.34. The molecule has 128 valence electrons. The summed E-state index contributed by atoms with van der Waals surface area (Å²) in [4.78, 5) is 28.4. The van der Waals surface area contributed by atoms with E-state index in [0.29, 0.717) is 16.7 Å². The highest BCUT2D eigenvalue weighted by molar-refractivity contribution is 5.78. The van der Waals surface area contributed by atoms with Crippen LogP contribution in [0.25, 0.3) is 10.9 Å². The van der Waals surface area contributed by atoms with Crippen molar-refractivity contribution >= 4 is 16.8 Å². The van der Waals surface area contributed by atoms with Crippen LogP contribution >= 0.6 is 0 Å². The maximum atomic E-state index is 12.8. The summed E-state index contributed by atoms with van der Waals surface area (Å²) in [6.07, 6.45) is 1.36. The SMILES string of the molecule is O=C(Cn1cnc2ccccc2c1=O)NCCOc1ccc(F)cc1. The van der Waals surface area contributed by atoms with Gasteiger partial charge in [0.05, 0.1) is 23.8 Å². The standard InChI is InChI=1S/C18H16FN3O3/c19-13-5-7-14(8-6-13)25-10-9-20-17(23)11-22-12-21-16-4-2-1-3-15(16)18(22)24/h1-8,12H,9-11H2,(H,20,23). The lowest BCUT2D eigenvalue weighted by molar-refractivity contribution is -0.121. The van der Waals surface area contributed by atoms with Crippen molar-refractivity contribution in [3.8, 4) is 5.75 Å². The van der Waals surface area contributed by atoms with E-state index in [0.717, 1.165) is 0 Å². The zero-order valence-electron chi connectivity index (χ0n) is 13.3. The maximum absolute atomic E-state index is 12.8. The number of amides is 1. The normalized spacial score (nSPS) is 10.6. The topological polar surface area (TPSA) is 73.2 Å². The van der Waals surface area contributed by atoms with Crippen LogP contribution in [0, 0.1) is 5.82 Å². The van der Waals surface area contributed by atoms with Crippen molar-refractivity contribution in [1.29, 1.82) is 0 Å². The predicted molar refractivity (Wildman–Crippen MR) is 90.9 cm³/mol. The van der Waals surface area contributed by atoms with Gasteiger partial charge in [-0.15, -0.1) is 0 Å². The summed E-state index contributed by atoms with van der Waals surface area (Å²) in [5.41, 5.74) is 0.333. The summed E-state index contributed by atoms with van der Waals surface area (Å²) in [5.74, 6) is -0.137. The molecule has 0 aliphatic carbocycles. The Morgan fingerprint density at radius 1 is 1.16 bits per heavy atom. The molecule has 0 radical (unpaired) electrons. The summed E-state index contributed by atoms with van der Waals surface area (Å²) in [7, 11) is 0. The molecule has 0 spiro atoms. The minimum Gasteiger partial charge on any atom is -0.492 e. The van der Waals surface area contributed by atoms with Crippen LogP contribution < -0.4 is 15.6 Å². The number of hydrogen-bond acceptors (Lipinski definition) is 4. The van der Waals surface area contributed by atoms with Gasteiger partial charge in [0.2, 0.25) is 5.91 Å². The number of benzene rings is 2. The van der Waals surface area contributed by atoms with Crippen LogP contribution in [0.5, 0.6) is 5.75 Å². The van der Waals surface area contributed by atoms with Crippen molar-refractivity contribution in [3.63, 3.8) is 0 Å². The van der Waals surface area contributed by atoms with Crippen LogP contribution in [0.1, 0.15) is 0 Å². The molecule has 1 N–H and O–H groups in total. The van der Waals surface area contributed by atoms with Crippen LogP contribution in [-0.2, 0) is 11.3 Å². The minimum atomic E-state index is -0.338. The van der Waals surface area contributed by atoms with Gasteiger partial charge in [0.1, 0.15) is 24.7 Å². The number of halogens is 1. The van der Waals surface area contributed by atoms with Crippen LogP contribution in [-0.4, -0.2) is 28.6 Å². The summed E-state index contributed by atoms with van der Waals surface area (Å²) in [6.45, 7) is 0.390. The lowest BCUT2D eigenvalue weighted by atomic mass is 10.2. The van der Waals surface area contributed by atoms with Crippen LogP contribution in [0.3, 0.4) is 0 Å². The first-order chi connectivity index (χ1) is 12.1. The molecule has 0 fully saturated rings. The molecular weight excluding hydrogens is 325 g/mol. The molecule has 3 rings (SSSR count). The highest BCUT2D eigenvalue weighted by atomic mass is 19.1. The molecule has 2 aromatic carbocycles. The molecule has 3 aromatic rings. The molecule has 0 bridgehead atoms. The number of nitrogens with zero attached hydrogens (tertiary/aromatic N) is 2. The second kappa shape index (κ2) is 7.57. The number of carbonyl (C=O) groups excluding carboxylic acids is 1. The molecule has 6 nitrogen and oxygen atoms in total. The van der Waals surface area contributed by atoms with Gasteiger partial charge in [-0.2, -0.15) is 0 Å². The molecular formula is C18H16FN3O3. The summed E-state index contributed by atoms with van der Waals surface area (Å²) >= 11 is 0. The van der Waals surface area contributed by atoms with E-state index in [4.69, 9.17) is 4.74 Å². The van der Waals surface area contributed by atoms with E-state index in [2.05, 4.69) is 10.3 Å². The Morgan fingerprint density at radius 2 is 1.92 bits per heavy atom. The van der Waals surface area contributed by atoms with Crippen molar-refractivity contribution in [1.82, 2.24) is 14.9 Å². The third-order valence-electron chi connectivity index (χ3n) is 3.55. The van der Waals surface area contributed by atoms with Crippen LogP contribution in [0.4, 0.5) is 4.39 Å². The van der Waals surface area contributed by atoms with E-state index < -0.39 is 0 Å². The number of ether oxygens (including phenoxy) is 1. The summed E-state index contributed by atoms with van der Waals surface area (Å²) in [6, 6.07) is 12.6. The third-order valence-corrected chi connectivity index (χ3v) is 3.55. The monoisotopic (exact) mass is 341 g/mol. The molecule has 1 aromatic heterocycles. The van der Waals surface area contributed by atoms with E-state index in [1.165, 1.54) is 35.2 Å². The number of nitrogens with one attached hydrogen (secondary N) is 1. The fraction of sp³-hybridized carbons (Fsp3) is 0.167. The Bertz CT molecular complexity index is 938. The van der Waals surface area contributed by atoms with E-state index >= 15 is 0 Å². The second-order valence-corrected chi connectivity index (χ2v) is 5.35. The largest absolute Gasteiger partial charge is 0.492 e. The summed E-state index contributed by atoms with van der Waals surface area (Å²) in [5, 5.41) is 3.13. The Hall–Kier alpha value is -3.22. The lowest BCUT2D eigenvalue weighted by Gasteiger charge is -2.09. The first-order valence-corrected chi connectivity index (χ1v) is 7.73. The average Bonchev–Trinajstić information content (AvgIpc) is 2.63. The minimum absolute atomic E-state index is 0.118. The third kappa shape index (κ3) is 4.20. The quantitative estimate of drug-likeness (QED) is 0.693. The van der Waals surface area contributed by atoms with Gasteiger partial charge in [-0.25, -0.2) is 9.37 Å². The van der Waals surface area contributed by atoms with Gasteiger partial charge in [-0.05, 0) is 36.4 Å². The maximum Gasteiger partial charge on any atom is 0.261 e. The number of para-hydroxylation sites is 1. The molecule has 0 unspecified atom stereocenters. The Labute approximate surface area is 142 Å². The van der Waals surface area contributed by atoms with Crippen molar-refractivity contribution in [2.24, 2.45) is 0 Å². The van der Waals surface area contributed by atoms with E-state index in [9.17, 15) is 14.0 Å². The van der Waals surface area contributed by atoms with Crippen LogP contribution in [0.2, 0.25) is 0 Å². The Kier molecular flexibility index (Phi) is 5.03. The zero-order chi connectivity index (χ0) is 17.6. The van der Waals surface area contributed by atoms with Gasteiger partial charge in [0, 0.05) is 0 Å². The second-order valence-electron chi connectivity index (χ2n) is 5.35. The first kappa shape index (κ1) is 16.6. The van der Waals surface area contributed by atoms with Gasteiger partial charge in [-0.3, -0.25) is 14.2 Å². The predicted octanol–water partition coefficient (Wildman–Crippen LogP) is 1.73. The number of hydrogen-bond donors (Lipinski definition) is 1. The molecule has 1 heterocycles. The van der Waals surface area contributed by atoms with Crippen molar-refractivity contribution in [2.45, 2.75) is 6.54 Å². The molecule has 0 aliphatic rings. The molecule has 0 aliphatic heterocycles. The van der Waals surface area contributed by atoms with Crippen molar-refractivity contribution in [2.75, 3.05) is 13.2 Å². The highest BCUT2D eigenvalue weighted by Crippen LogP contribution is 2.10. The number of rotatable bonds is 6. The fourth-order valence-corrected chi connectivity index (χ4v) is 2.32. The molecule has 0 atom stereocenters. The zero-order valence-corrected chi connectivity index (χ0v) is 13.3. The molecule has 0 saturated heterocycles. The highest BCUT2D eigenvalue weighted by Gasteiger charge is 2.07. The van der Waals surface area contributed by atoms with Gasteiger partial charge < -0.3 is 10.1 Å². The van der Waals surface area contributed by atoms with Gasteiger partial charge in [0.25, 0.3) is 5.56 Å². The van der Waals surface area contributed by atoms with Gasteiger partial charge in [0.15, 0.2) is 0 Å². The van der Waals surface area contributed by atoms with Gasteiger partial charge in [-0.1, -0.05) is 12.1 Å². The molecule has 1 amide bonds. The van der Waals surface area contributed by atoms with Crippen molar-refractivity contribution < 1.29 is 13.9 Å². The Balaban J connectivity index is 1.52. The van der Waals surface area contributed by atoms with Crippen molar-refractivity contribution in [3.05, 3.63) is 71.0 Å². The molecule has 7 heteroatoms. The van der Waals surface area contributed by atoms with E-state index in [1.54, 1.807) is 24.3 Å². The number of aromatic nitrogens is 2. The number of fused-ring (bicyclic) bond motifs is 1. The average molecular weight is 341 g/mol. The smallest absolute Gasteiger partial charge is 0.261 e. The van der Waals surface area contributed by atoms with E-state index in [-0.39, 0.29) is 37.0 Å². The first-order valence-electron chi connectivity index (χ1n) is 7.73. The van der Waals surface area contributed by atoms with E-state index in [1.807, 2.05) is 0 Å².